The Balaban J connectivity index is 6.75. The van der Waals surface area contributed by atoms with E-state index in [1.54, 1.807) is 0 Å². The van der Waals surface area contributed by atoms with E-state index >= 15 is 0 Å². The maximum atomic E-state index is 6.21. The topological polar surface area (TPSA) is 0 Å². The average Bonchev–Trinajstić information content (AvgIpc) is 2.33. The molecule has 0 nitrogen and oxygen atoms in total. The van der Waals surface area contributed by atoms with Gasteiger partial charge >= 0.3 is 0 Å². The lowest BCUT2D eigenvalue weighted by atomic mass is 9.99. The highest BCUT2D eigenvalue weighted by atomic mass is 35.6. The summed E-state index contributed by atoms with van der Waals surface area (Å²) in [6, 6.07) is 0. The minimum absolute atomic E-state index is 1.67. The molecule has 0 aliphatic carbocycles. The Labute approximate surface area is 228 Å². The zero-order valence-electron chi connectivity index (χ0n) is 10.5. The molecule has 0 aliphatic heterocycles. The Morgan fingerprint density at radius 3 is 0.880 bits per heavy atom. The summed E-state index contributed by atoms with van der Waals surface area (Å²) in [5, 5.41) is 0. The summed E-state index contributed by atoms with van der Waals surface area (Å²) < 4.78 is -16.5. The van der Waals surface area contributed by atoms with Gasteiger partial charge in [0.2, 0.25) is 7.59 Å². The maximum absolute atomic E-state index is 6.21. The first-order valence-electron chi connectivity index (χ1n) is 5.06. The Morgan fingerprint density at radius 2 is 0.680 bits per heavy atom. The first kappa shape index (κ1) is 29.9. The number of halogens is 17. The molecule has 0 aromatic heterocycles. The van der Waals surface area contributed by atoms with Gasteiger partial charge in [0.25, 0.3) is 0 Å². The van der Waals surface area contributed by atoms with Crippen molar-refractivity contribution in [2.45, 2.75) is 34.6 Å². The summed E-state index contributed by atoms with van der Waals surface area (Å²) in [7, 11) is 0. The predicted octanol–water partition coefficient (Wildman–Crippen LogP) is 10.2. The molecule has 152 valence electrons. The molecule has 0 aromatic rings. The molecule has 0 rings (SSSR count). The average molecular weight is 700 g/mol. The van der Waals surface area contributed by atoms with Crippen molar-refractivity contribution in [3.63, 3.8) is 0 Å². The Kier molecular flexibility index (Phi) is 10.8. The predicted molar refractivity (Wildman–Crippen MR) is 122 cm³/mol. The molecule has 0 aliphatic rings. The van der Waals surface area contributed by atoms with Crippen LogP contribution in [-0.2, 0) is 0 Å². The lowest BCUT2D eigenvalue weighted by molar-refractivity contribution is 0.433. The first-order chi connectivity index (χ1) is 10.4. The van der Waals surface area contributed by atoms with Crippen LogP contribution in [0, 0.1) is 0 Å². The highest BCUT2D eigenvalue weighted by molar-refractivity contribution is 6.83. The van der Waals surface area contributed by atoms with Gasteiger partial charge in [0, 0.05) is 0 Å². The zero-order chi connectivity index (χ0) is 21.1. The minimum atomic E-state index is -2.96. The maximum Gasteiger partial charge on any atom is 0.216 e. The smallest absolute Gasteiger partial charge is 0.106 e. The molecule has 0 spiro atoms. The van der Waals surface area contributed by atoms with E-state index < -0.39 is 34.6 Å². The van der Waals surface area contributed by atoms with E-state index in [2.05, 4.69) is 0 Å². The van der Waals surface area contributed by atoms with E-state index in [9.17, 15) is 0 Å². The molecule has 0 radical (unpaired) electrons. The van der Waals surface area contributed by atoms with E-state index in [4.69, 9.17) is 197 Å². The summed E-state index contributed by atoms with van der Waals surface area (Å²) in [6.07, 6.45) is 0. The highest BCUT2D eigenvalue weighted by Gasteiger charge is 2.81. The molecule has 0 heterocycles. The van der Waals surface area contributed by atoms with Gasteiger partial charge in [-0.3, -0.25) is 0 Å². The molecule has 0 unspecified atom stereocenters. The van der Waals surface area contributed by atoms with Crippen molar-refractivity contribution in [1.29, 1.82) is 0 Å². The van der Waals surface area contributed by atoms with Crippen LogP contribution in [0.1, 0.15) is 0 Å². The van der Waals surface area contributed by atoms with Crippen LogP contribution >= 0.6 is 197 Å². The van der Waals surface area contributed by atoms with Crippen molar-refractivity contribution in [2.75, 3.05) is 0 Å². The molecule has 17 heteroatoms. The highest BCUT2D eigenvalue weighted by Crippen LogP contribution is 2.72. The number of rotatable bonds is 5. The van der Waals surface area contributed by atoms with Gasteiger partial charge in [-0.2, -0.15) is 0 Å². The zero-order valence-corrected chi connectivity index (χ0v) is 23.4. The van der Waals surface area contributed by atoms with Gasteiger partial charge in [0.05, 0.1) is 0 Å². The third-order valence-corrected chi connectivity index (χ3v) is 12.7. The molecule has 0 bridgehead atoms. The van der Waals surface area contributed by atoms with E-state index in [0.29, 0.717) is 0 Å². The van der Waals surface area contributed by atoms with Crippen molar-refractivity contribution in [2.24, 2.45) is 0 Å². The van der Waals surface area contributed by atoms with Gasteiger partial charge in [0.15, 0.2) is 22.2 Å². The second kappa shape index (κ2) is 9.05. The fourth-order valence-corrected chi connectivity index (χ4v) is 7.39. The van der Waals surface area contributed by atoms with E-state index in [-0.39, 0.29) is 0 Å². The molecule has 0 amide bonds. The number of alkyl halides is 17. The molecule has 0 saturated carbocycles. The molecule has 0 fully saturated rings. The normalized spacial score (nSPS) is 16.6. The molecular weight excluding hydrogens is 699 g/mol. The van der Waals surface area contributed by atoms with Crippen LogP contribution in [0.2, 0.25) is 0 Å². The molecule has 25 heavy (non-hydrogen) atoms. The van der Waals surface area contributed by atoms with Crippen LogP contribution in [0.4, 0.5) is 0 Å². The van der Waals surface area contributed by atoms with Crippen LogP contribution in [0.25, 0.3) is 0 Å². The molecule has 0 atom stereocenters. The third kappa shape index (κ3) is 4.98. The van der Waals surface area contributed by atoms with Gasteiger partial charge in [0.1, 0.15) is 4.84 Å². The quantitative estimate of drug-likeness (QED) is 0.251. The van der Waals surface area contributed by atoms with Crippen molar-refractivity contribution in [3.05, 3.63) is 0 Å². The van der Waals surface area contributed by atoms with Crippen LogP contribution in [0.15, 0.2) is 0 Å². The van der Waals surface area contributed by atoms with E-state index in [1.807, 2.05) is 0 Å². The number of hydrogen-bond acceptors (Lipinski definition) is 0. The first-order valence-corrected chi connectivity index (χ1v) is 11.6. The fraction of sp³-hybridized carbons (Fsp3) is 1.00. The summed E-state index contributed by atoms with van der Waals surface area (Å²) in [5.74, 6) is 0. The SMILES string of the molecule is ClC(Cl)C(Cl)(Cl)C(Cl)(Cl)C(Cl)(Cl)C(Cl)(Cl)C(Cl)(C(Cl)(Cl)Cl)C(Cl)(Cl)Cl. The molecule has 0 saturated heterocycles. The summed E-state index contributed by atoms with van der Waals surface area (Å²) in [5.41, 5.74) is 0. The second-order valence-electron chi connectivity index (χ2n) is 4.30. The lowest BCUT2D eigenvalue weighted by Gasteiger charge is -2.54. The van der Waals surface area contributed by atoms with Gasteiger partial charge in [-0.15, -0.1) is 34.8 Å². The van der Waals surface area contributed by atoms with Crippen LogP contribution < -0.4 is 0 Å². The Morgan fingerprint density at radius 1 is 0.400 bits per heavy atom. The summed E-state index contributed by atoms with van der Waals surface area (Å²) >= 11 is 101. The fourth-order valence-electron chi connectivity index (χ4n) is 1.28. The van der Waals surface area contributed by atoms with Gasteiger partial charge in [-0.1, -0.05) is 162 Å². The van der Waals surface area contributed by atoms with Crippen molar-refractivity contribution in [1.82, 2.24) is 0 Å². The molecular formula is C8HCl17. The third-order valence-electron chi connectivity index (χ3n) is 2.70. The van der Waals surface area contributed by atoms with E-state index in [1.165, 1.54) is 0 Å². The summed E-state index contributed by atoms with van der Waals surface area (Å²) in [6.45, 7) is 0. The van der Waals surface area contributed by atoms with Crippen LogP contribution in [-0.4, -0.2) is 34.6 Å². The lowest BCUT2D eigenvalue weighted by Crippen LogP contribution is -2.71. The van der Waals surface area contributed by atoms with Gasteiger partial charge in [-0.25, -0.2) is 0 Å². The monoisotopic (exact) mass is 691 g/mol. The number of hydrogen-bond donors (Lipinski definition) is 0. The Hall–Kier alpha value is 4.93. The van der Waals surface area contributed by atoms with E-state index in [0.717, 1.165) is 0 Å². The Bertz CT molecular complexity index is 464. The molecule has 0 aromatic carbocycles. The van der Waals surface area contributed by atoms with Crippen molar-refractivity contribution < 1.29 is 0 Å². The van der Waals surface area contributed by atoms with Crippen molar-refractivity contribution in [3.8, 4) is 0 Å². The largest absolute Gasteiger partial charge is 0.216 e. The van der Waals surface area contributed by atoms with Gasteiger partial charge < -0.3 is 0 Å². The van der Waals surface area contributed by atoms with Crippen LogP contribution in [0.5, 0.6) is 0 Å². The molecule has 0 N–H and O–H groups in total. The second-order valence-corrected chi connectivity index (χ2v) is 15.9. The standard InChI is InChI=1S/C8HCl17/c9-1(10)2(11,12)4(14,15)6(18,19)5(16,17)3(13,7(20,21)22)8(23,24)25/h1H. The minimum Gasteiger partial charge on any atom is -0.106 e. The van der Waals surface area contributed by atoms with Crippen molar-refractivity contribution >= 4 is 197 Å². The summed E-state index contributed by atoms with van der Waals surface area (Å²) in [4.78, 5) is -4.54. The van der Waals surface area contributed by atoms with Gasteiger partial charge in [-0.05, 0) is 0 Å². The van der Waals surface area contributed by atoms with Crippen LogP contribution in [0.3, 0.4) is 0 Å².